The van der Waals surface area contributed by atoms with Gasteiger partial charge in [0.15, 0.2) is 5.78 Å². The summed E-state index contributed by atoms with van der Waals surface area (Å²) >= 11 is 0. The number of carbonyl (C=O) groups is 2. The van der Waals surface area contributed by atoms with E-state index in [1.54, 1.807) is 6.08 Å². The van der Waals surface area contributed by atoms with Crippen molar-refractivity contribution >= 4 is 40.2 Å². The molecule has 7 nitrogen and oxygen atoms in total. The Morgan fingerprint density at radius 1 is 0.865 bits per heavy atom. The van der Waals surface area contributed by atoms with Gasteiger partial charge < -0.3 is 19.6 Å². The largest absolute Gasteiger partial charge is 0.368 e. The maximum Gasteiger partial charge on any atom is 0.246 e. The quantitative estimate of drug-likeness (QED) is 0.384. The number of benzene rings is 2. The van der Waals surface area contributed by atoms with Crippen molar-refractivity contribution in [2.75, 3.05) is 69.2 Å². The van der Waals surface area contributed by atoms with Crippen molar-refractivity contribution in [2.45, 2.75) is 0 Å². The van der Waals surface area contributed by atoms with Gasteiger partial charge in [-0.25, -0.2) is 4.98 Å². The number of carbonyl (C=O) groups excluding carboxylic acids is 2. The number of amides is 1. The zero-order valence-corrected chi connectivity index (χ0v) is 21.3. The number of rotatable bonds is 6. The third kappa shape index (κ3) is 5.57. The fourth-order valence-electron chi connectivity index (χ4n) is 4.93. The topological polar surface area (TPSA) is 60.0 Å². The van der Waals surface area contributed by atoms with Crippen LogP contribution in [-0.4, -0.2) is 85.9 Å². The summed E-state index contributed by atoms with van der Waals surface area (Å²) in [4.78, 5) is 38.5. The number of nitrogens with zero attached hydrogens (tertiary/aromatic N) is 5. The van der Waals surface area contributed by atoms with Crippen LogP contribution in [0.2, 0.25) is 0 Å². The number of anilines is 2. The Kier molecular flexibility index (Phi) is 7.32. The average Bonchev–Trinajstić information content (AvgIpc) is 2.95. The smallest absolute Gasteiger partial charge is 0.246 e. The van der Waals surface area contributed by atoms with Crippen LogP contribution < -0.4 is 9.80 Å². The van der Waals surface area contributed by atoms with Crippen LogP contribution in [0.25, 0.3) is 17.0 Å². The molecule has 7 heteroatoms. The van der Waals surface area contributed by atoms with Gasteiger partial charge >= 0.3 is 0 Å². The third-order valence-electron chi connectivity index (χ3n) is 7.23. The van der Waals surface area contributed by atoms with Crippen LogP contribution in [0.3, 0.4) is 0 Å². The minimum atomic E-state index is -0.0366. The first-order valence-corrected chi connectivity index (χ1v) is 12.8. The Morgan fingerprint density at radius 2 is 1.54 bits per heavy atom. The summed E-state index contributed by atoms with van der Waals surface area (Å²) in [5.41, 5.74) is 3.63. The monoisotopic (exact) mass is 495 g/mol. The normalized spacial score (nSPS) is 16.9. The highest BCUT2D eigenvalue weighted by Crippen LogP contribution is 2.26. The lowest BCUT2D eigenvalue weighted by Crippen LogP contribution is -2.48. The summed E-state index contributed by atoms with van der Waals surface area (Å²) in [6.45, 7) is 10.2. The van der Waals surface area contributed by atoms with E-state index >= 15 is 0 Å². The van der Waals surface area contributed by atoms with E-state index in [-0.39, 0.29) is 11.7 Å². The zero-order valence-electron chi connectivity index (χ0n) is 21.3. The number of piperazine rings is 2. The molecule has 0 saturated carbocycles. The lowest BCUT2D eigenvalue weighted by molar-refractivity contribution is -0.126. The standard InChI is InChI=1S/C30H33N5O2/c1-3-29(37)34-20-18-33(19-21-34)26-11-8-23(9-12-26)28(36)13-10-25-22-24-6-4-5-7-27(24)31-30(25)35-16-14-32(2)15-17-35/h3-13,22H,1,14-21H2,2H3/b13-10+. The van der Waals surface area contributed by atoms with Crippen molar-refractivity contribution < 1.29 is 9.59 Å². The molecular weight excluding hydrogens is 462 g/mol. The molecule has 2 fully saturated rings. The van der Waals surface area contributed by atoms with Crippen LogP contribution in [0.15, 0.2) is 73.3 Å². The summed E-state index contributed by atoms with van der Waals surface area (Å²) in [6, 6.07) is 18.0. The Bertz CT molecular complexity index is 1320. The molecule has 0 radical (unpaired) electrons. The van der Waals surface area contributed by atoms with Gasteiger partial charge in [-0.2, -0.15) is 0 Å². The molecule has 2 aliphatic rings. The first kappa shape index (κ1) is 24.7. The summed E-state index contributed by atoms with van der Waals surface area (Å²) < 4.78 is 0. The predicted molar refractivity (Wildman–Crippen MR) is 150 cm³/mol. The van der Waals surface area contributed by atoms with Gasteiger partial charge in [0.2, 0.25) is 5.91 Å². The van der Waals surface area contributed by atoms with Gasteiger partial charge in [-0.05, 0) is 61.7 Å². The zero-order chi connectivity index (χ0) is 25.8. The first-order chi connectivity index (χ1) is 18.0. The van der Waals surface area contributed by atoms with Crippen LogP contribution in [0, 0.1) is 0 Å². The van der Waals surface area contributed by atoms with Crippen LogP contribution in [0.1, 0.15) is 15.9 Å². The number of fused-ring (bicyclic) bond motifs is 1. The van der Waals surface area contributed by atoms with E-state index in [0.29, 0.717) is 18.7 Å². The van der Waals surface area contributed by atoms with E-state index in [1.807, 2.05) is 53.4 Å². The maximum atomic E-state index is 13.1. The molecule has 1 amide bonds. The summed E-state index contributed by atoms with van der Waals surface area (Å²) in [5, 5.41) is 1.06. The Balaban J connectivity index is 1.31. The molecule has 2 aliphatic heterocycles. The van der Waals surface area contributed by atoms with Gasteiger partial charge in [0.1, 0.15) is 5.82 Å². The van der Waals surface area contributed by atoms with Gasteiger partial charge in [-0.15, -0.1) is 0 Å². The van der Waals surface area contributed by atoms with Crippen LogP contribution in [0.4, 0.5) is 11.5 Å². The SMILES string of the molecule is C=CC(=O)N1CCN(c2ccc(C(=O)/C=C/c3cc4ccccc4nc3N3CCN(C)CC3)cc2)CC1. The summed E-state index contributed by atoms with van der Waals surface area (Å²) in [6.07, 6.45) is 4.92. The van der Waals surface area contributed by atoms with Crippen molar-refractivity contribution in [3.63, 3.8) is 0 Å². The van der Waals surface area contributed by atoms with E-state index in [4.69, 9.17) is 4.98 Å². The van der Waals surface area contributed by atoms with Crippen LogP contribution in [0.5, 0.6) is 0 Å². The average molecular weight is 496 g/mol. The molecule has 3 aromatic rings. The summed E-state index contributed by atoms with van der Waals surface area (Å²) in [5.74, 6) is 0.871. The Morgan fingerprint density at radius 3 is 2.24 bits per heavy atom. The second-order valence-corrected chi connectivity index (χ2v) is 9.65. The molecule has 5 rings (SSSR count). The molecule has 3 heterocycles. The van der Waals surface area contributed by atoms with Gasteiger partial charge in [0, 0.05) is 74.6 Å². The second kappa shape index (κ2) is 11.0. The van der Waals surface area contributed by atoms with Crippen LogP contribution in [-0.2, 0) is 4.79 Å². The lowest BCUT2D eigenvalue weighted by atomic mass is 10.1. The molecule has 0 unspecified atom stereocenters. The molecule has 0 atom stereocenters. The number of allylic oxidation sites excluding steroid dienone is 1. The number of aromatic nitrogens is 1. The van der Waals surface area contributed by atoms with Crippen molar-refractivity contribution in [1.29, 1.82) is 0 Å². The number of hydrogen-bond donors (Lipinski definition) is 0. The highest BCUT2D eigenvalue weighted by molar-refractivity contribution is 6.07. The molecule has 0 N–H and O–H groups in total. The van der Waals surface area contributed by atoms with Gasteiger partial charge in [-0.3, -0.25) is 9.59 Å². The van der Waals surface area contributed by atoms with Crippen molar-refractivity contribution in [2.24, 2.45) is 0 Å². The third-order valence-corrected chi connectivity index (χ3v) is 7.23. The van der Waals surface area contributed by atoms with Crippen molar-refractivity contribution in [3.8, 4) is 0 Å². The Hall–Kier alpha value is -3.97. The maximum absolute atomic E-state index is 13.1. The fourth-order valence-corrected chi connectivity index (χ4v) is 4.93. The molecular formula is C30H33N5O2. The minimum absolute atomic E-state index is 0.0234. The molecule has 0 aliphatic carbocycles. The predicted octanol–water partition coefficient (Wildman–Crippen LogP) is 3.72. The molecule has 2 aromatic carbocycles. The molecule has 190 valence electrons. The van der Waals surface area contributed by atoms with Crippen LogP contribution >= 0.6 is 0 Å². The van der Waals surface area contributed by atoms with E-state index in [9.17, 15) is 9.59 Å². The van der Waals surface area contributed by atoms with E-state index in [0.717, 1.165) is 67.2 Å². The van der Waals surface area contributed by atoms with E-state index in [1.165, 1.54) is 6.08 Å². The number of likely N-dealkylation sites (N-methyl/N-ethyl adjacent to an activating group) is 1. The molecule has 0 bridgehead atoms. The van der Waals surface area contributed by atoms with E-state index < -0.39 is 0 Å². The highest BCUT2D eigenvalue weighted by Gasteiger charge is 2.20. The lowest BCUT2D eigenvalue weighted by Gasteiger charge is -2.35. The fraction of sp³-hybridized carbons (Fsp3) is 0.300. The van der Waals surface area contributed by atoms with Crippen molar-refractivity contribution in [3.05, 3.63) is 84.5 Å². The molecule has 0 spiro atoms. The first-order valence-electron chi connectivity index (χ1n) is 12.8. The van der Waals surface area contributed by atoms with E-state index in [2.05, 4.69) is 40.5 Å². The van der Waals surface area contributed by atoms with Gasteiger partial charge in [-0.1, -0.05) is 24.8 Å². The molecule has 1 aromatic heterocycles. The second-order valence-electron chi connectivity index (χ2n) is 9.65. The minimum Gasteiger partial charge on any atom is -0.368 e. The molecule has 37 heavy (non-hydrogen) atoms. The number of pyridine rings is 1. The molecule has 2 saturated heterocycles. The number of hydrogen-bond acceptors (Lipinski definition) is 6. The van der Waals surface area contributed by atoms with Crippen molar-refractivity contribution in [1.82, 2.24) is 14.8 Å². The van der Waals surface area contributed by atoms with Gasteiger partial charge in [0.25, 0.3) is 0 Å². The Labute approximate surface area is 218 Å². The number of ketones is 1. The highest BCUT2D eigenvalue weighted by atomic mass is 16.2. The number of para-hydroxylation sites is 1. The summed E-state index contributed by atoms with van der Waals surface area (Å²) in [7, 11) is 2.14. The van der Waals surface area contributed by atoms with Gasteiger partial charge in [0.05, 0.1) is 5.52 Å².